The van der Waals surface area contributed by atoms with Crippen LogP contribution >= 0.6 is 11.3 Å². The zero-order valence-corrected chi connectivity index (χ0v) is 19.2. The molecule has 3 heterocycles. The topological polar surface area (TPSA) is 61.4 Å². The number of para-hydroxylation sites is 3. The van der Waals surface area contributed by atoms with Crippen molar-refractivity contribution in [1.82, 2.24) is 19.2 Å². The molecular weight excluding hydrogens is 444 g/mol. The van der Waals surface area contributed by atoms with Crippen LogP contribution < -0.4 is 14.8 Å². The molecule has 0 spiro atoms. The molecule has 0 unspecified atom stereocenters. The van der Waals surface area contributed by atoms with Crippen molar-refractivity contribution in [3.05, 3.63) is 106 Å². The van der Waals surface area contributed by atoms with Gasteiger partial charge < -0.3 is 4.74 Å². The van der Waals surface area contributed by atoms with E-state index < -0.39 is 0 Å². The molecule has 7 heteroatoms. The van der Waals surface area contributed by atoms with E-state index in [4.69, 9.17) is 9.84 Å². The molecule has 6 nitrogen and oxygen atoms in total. The highest BCUT2D eigenvalue weighted by Crippen LogP contribution is 2.28. The largest absolute Gasteiger partial charge is 0.494 e. The van der Waals surface area contributed by atoms with E-state index in [1.54, 1.807) is 4.40 Å². The van der Waals surface area contributed by atoms with Crippen molar-refractivity contribution >= 4 is 33.4 Å². The molecule has 0 fully saturated rings. The summed E-state index contributed by atoms with van der Waals surface area (Å²) in [5, 5.41) is 4.88. The lowest BCUT2D eigenvalue weighted by Gasteiger charge is -2.05. The van der Waals surface area contributed by atoms with Gasteiger partial charge in [-0.05, 0) is 49.4 Å². The van der Waals surface area contributed by atoms with E-state index in [1.165, 1.54) is 11.3 Å². The van der Waals surface area contributed by atoms with Gasteiger partial charge in [-0.15, -0.1) is 0 Å². The number of ether oxygens (including phenoxy) is 1. The molecule has 166 valence electrons. The molecule has 6 aromatic rings. The molecule has 34 heavy (non-hydrogen) atoms. The van der Waals surface area contributed by atoms with E-state index >= 15 is 0 Å². The predicted molar refractivity (Wildman–Crippen MR) is 136 cm³/mol. The zero-order chi connectivity index (χ0) is 23.1. The fraction of sp³-hybridized carbons (Fsp3) is 0.0741. The Kier molecular flexibility index (Phi) is 4.96. The van der Waals surface area contributed by atoms with Gasteiger partial charge in [0.15, 0.2) is 4.96 Å². The first-order valence-electron chi connectivity index (χ1n) is 11.0. The number of imidazole rings is 1. The van der Waals surface area contributed by atoms with Crippen LogP contribution in [0.4, 0.5) is 0 Å². The first-order chi connectivity index (χ1) is 16.7. The van der Waals surface area contributed by atoms with Gasteiger partial charge in [0.1, 0.15) is 11.4 Å². The van der Waals surface area contributed by atoms with E-state index in [0.717, 1.165) is 39.3 Å². The average Bonchev–Trinajstić information content (AvgIpc) is 3.53. The van der Waals surface area contributed by atoms with E-state index in [-0.39, 0.29) is 5.56 Å². The molecule has 0 aliphatic rings. The zero-order valence-electron chi connectivity index (χ0n) is 18.4. The van der Waals surface area contributed by atoms with Gasteiger partial charge >= 0.3 is 0 Å². The average molecular weight is 465 g/mol. The van der Waals surface area contributed by atoms with Gasteiger partial charge in [-0.2, -0.15) is 5.10 Å². The number of hydrogen-bond acceptors (Lipinski definition) is 5. The van der Waals surface area contributed by atoms with Gasteiger partial charge in [0.2, 0.25) is 0 Å². The summed E-state index contributed by atoms with van der Waals surface area (Å²) < 4.78 is 9.84. The van der Waals surface area contributed by atoms with Crippen molar-refractivity contribution in [3.8, 4) is 22.7 Å². The predicted octanol–water partition coefficient (Wildman–Crippen LogP) is 4.71. The van der Waals surface area contributed by atoms with Crippen molar-refractivity contribution in [3.63, 3.8) is 0 Å². The molecule has 0 N–H and O–H groups in total. The summed E-state index contributed by atoms with van der Waals surface area (Å²) >= 11 is 1.39. The summed E-state index contributed by atoms with van der Waals surface area (Å²) in [5.74, 6) is 0.783. The second-order valence-electron chi connectivity index (χ2n) is 7.81. The first-order valence-corrected chi connectivity index (χ1v) is 11.8. The SMILES string of the molecule is CCOc1cccc(-c2nn(-c3ccccc3)cc2/C=c2\sc3nc4ccccc4n3c2=O)c1. The van der Waals surface area contributed by atoms with Crippen molar-refractivity contribution in [2.75, 3.05) is 6.61 Å². The Morgan fingerprint density at radius 3 is 2.68 bits per heavy atom. The fourth-order valence-electron chi connectivity index (χ4n) is 4.08. The minimum Gasteiger partial charge on any atom is -0.494 e. The molecule has 0 saturated heterocycles. The van der Waals surface area contributed by atoms with Crippen LogP contribution in [0.25, 0.3) is 39.0 Å². The van der Waals surface area contributed by atoms with Crippen LogP contribution in [-0.4, -0.2) is 25.8 Å². The first kappa shape index (κ1) is 20.4. The van der Waals surface area contributed by atoms with Crippen molar-refractivity contribution in [2.45, 2.75) is 6.92 Å². The van der Waals surface area contributed by atoms with Crippen LogP contribution in [0.1, 0.15) is 12.5 Å². The number of nitrogens with zero attached hydrogens (tertiary/aromatic N) is 4. The highest BCUT2D eigenvalue weighted by atomic mass is 32.1. The summed E-state index contributed by atoms with van der Waals surface area (Å²) in [4.78, 5) is 18.6. The van der Waals surface area contributed by atoms with Gasteiger partial charge in [-0.3, -0.25) is 4.79 Å². The maximum atomic E-state index is 13.3. The summed E-state index contributed by atoms with van der Waals surface area (Å²) in [7, 11) is 0. The van der Waals surface area contributed by atoms with Crippen LogP contribution in [0.5, 0.6) is 5.75 Å². The Labute approximate surface area is 199 Å². The summed E-state index contributed by atoms with van der Waals surface area (Å²) in [6.07, 6.45) is 3.86. The molecule has 3 aromatic carbocycles. The Hall–Kier alpha value is -4.23. The second kappa shape index (κ2) is 8.28. The van der Waals surface area contributed by atoms with E-state index in [0.29, 0.717) is 16.1 Å². The van der Waals surface area contributed by atoms with Crippen LogP contribution in [0.15, 0.2) is 89.9 Å². The van der Waals surface area contributed by atoms with E-state index in [9.17, 15) is 4.79 Å². The van der Waals surface area contributed by atoms with Gasteiger partial charge in [0.05, 0.1) is 27.9 Å². The third kappa shape index (κ3) is 3.47. The number of thiazole rings is 1. The lowest BCUT2D eigenvalue weighted by Crippen LogP contribution is -2.22. The fourth-order valence-corrected chi connectivity index (χ4v) is 5.06. The Morgan fingerprint density at radius 1 is 1.00 bits per heavy atom. The molecule has 0 saturated carbocycles. The number of fused-ring (bicyclic) bond motifs is 3. The van der Waals surface area contributed by atoms with Gasteiger partial charge in [0.25, 0.3) is 5.56 Å². The van der Waals surface area contributed by atoms with Crippen LogP contribution in [0, 0.1) is 0 Å². The number of aromatic nitrogens is 4. The Morgan fingerprint density at radius 2 is 1.82 bits per heavy atom. The standard InChI is InChI=1S/C27H20N4O2S/c1-2-33-21-12-8-9-18(15-21)25-19(17-30(29-25)20-10-4-3-5-11-20)16-24-26(32)31-23-14-7-6-13-22(23)28-27(31)34-24/h3-17H,2H2,1H3/b24-16-. The smallest absolute Gasteiger partial charge is 0.274 e. The molecule has 3 aromatic heterocycles. The molecule has 0 radical (unpaired) electrons. The summed E-state index contributed by atoms with van der Waals surface area (Å²) in [6, 6.07) is 25.5. The molecule has 0 aliphatic carbocycles. The molecule has 0 amide bonds. The summed E-state index contributed by atoms with van der Waals surface area (Å²) in [6.45, 7) is 2.55. The summed E-state index contributed by atoms with van der Waals surface area (Å²) in [5.41, 5.74) is 5.06. The normalized spacial score (nSPS) is 12.1. The number of rotatable bonds is 5. The highest BCUT2D eigenvalue weighted by Gasteiger charge is 2.15. The van der Waals surface area contributed by atoms with Crippen molar-refractivity contribution in [1.29, 1.82) is 0 Å². The Balaban J connectivity index is 1.56. The number of benzene rings is 3. The van der Waals surface area contributed by atoms with E-state index in [1.807, 2.05) is 103 Å². The minimum absolute atomic E-state index is 0.0739. The molecule has 6 rings (SSSR count). The van der Waals surface area contributed by atoms with Crippen LogP contribution in [0.2, 0.25) is 0 Å². The third-order valence-electron chi connectivity index (χ3n) is 5.61. The monoisotopic (exact) mass is 464 g/mol. The molecule has 0 bridgehead atoms. The maximum Gasteiger partial charge on any atom is 0.274 e. The lowest BCUT2D eigenvalue weighted by molar-refractivity contribution is 0.340. The highest BCUT2D eigenvalue weighted by molar-refractivity contribution is 7.15. The molecule has 0 aliphatic heterocycles. The van der Waals surface area contributed by atoms with Gasteiger partial charge in [-0.25, -0.2) is 14.1 Å². The Bertz CT molecular complexity index is 1750. The second-order valence-corrected chi connectivity index (χ2v) is 8.82. The van der Waals surface area contributed by atoms with Crippen LogP contribution in [-0.2, 0) is 0 Å². The minimum atomic E-state index is -0.0739. The maximum absolute atomic E-state index is 13.3. The van der Waals surface area contributed by atoms with Crippen molar-refractivity contribution < 1.29 is 4.74 Å². The quantitative estimate of drug-likeness (QED) is 0.371. The van der Waals surface area contributed by atoms with E-state index in [2.05, 4.69) is 4.98 Å². The van der Waals surface area contributed by atoms with Gasteiger partial charge in [0, 0.05) is 17.3 Å². The molecule has 0 atom stereocenters. The lowest BCUT2D eigenvalue weighted by atomic mass is 10.1. The van der Waals surface area contributed by atoms with Gasteiger partial charge in [-0.1, -0.05) is 53.8 Å². The third-order valence-corrected chi connectivity index (χ3v) is 6.58. The molecular formula is C27H20N4O2S. The van der Waals surface area contributed by atoms with Crippen molar-refractivity contribution in [2.24, 2.45) is 0 Å². The van der Waals surface area contributed by atoms with Crippen LogP contribution in [0.3, 0.4) is 0 Å². The number of hydrogen-bond donors (Lipinski definition) is 0.